The zero-order valence-corrected chi connectivity index (χ0v) is 11.6. The summed E-state index contributed by atoms with van der Waals surface area (Å²) < 4.78 is 5.22. The Kier molecular flexibility index (Phi) is 3.33. The first-order valence-corrected chi connectivity index (χ1v) is 7.41. The van der Waals surface area contributed by atoms with Gasteiger partial charge in [0.1, 0.15) is 5.76 Å². The number of nitrogens with one attached hydrogen (secondary N) is 1. The Hall–Kier alpha value is -1.32. The molecule has 0 radical (unpaired) electrons. The highest BCUT2D eigenvalue weighted by Crippen LogP contribution is 2.40. The maximum Gasteiger partial charge on any atom is 0.273 e. The fraction of sp³-hybridized carbons (Fsp3) is 0.733. The molecule has 0 aromatic carbocycles. The average molecular weight is 262 g/mol. The number of nitrogens with zero attached hydrogens (tertiary/aromatic N) is 1. The fourth-order valence-corrected chi connectivity index (χ4v) is 2.92. The van der Waals surface area contributed by atoms with Gasteiger partial charge in [0.05, 0.1) is 0 Å². The molecule has 0 unspecified atom stereocenters. The standard InChI is InChI=1S/C15H22N2O2/c1-15(7-3-2-4-8-15)10-16-14(18)12-9-13(19-17-12)11-5-6-11/h9,11H,2-8,10H2,1H3,(H,16,18). The molecule has 1 aromatic heterocycles. The van der Waals surface area contributed by atoms with Gasteiger partial charge in [-0.2, -0.15) is 0 Å². The van der Waals surface area contributed by atoms with Gasteiger partial charge < -0.3 is 9.84 Å². The van der Waals surface area contributed by atoms with E-state index in [2.05, 4.69) is 17.4 Å². The monoisotopic (exact) mass is 262 g/mol. The van der Waals surface area contributed by atoms with E-state index in [-0.39, 0.29) is 11.3 Å². The van der Waals surface area contributed by atoms with Crippen molar-refractivity contribution in [3.63, 3.8) is 0 Å². The van der Waals surface area contributed by atoms with E-state index in [1.54, 1.807) is 6.07 Å². The van der Waals surface area contributed by atoms with Crippen molar-refractivity contribution >= 4 is 5.91 Å². The Bertz CT molecular complexity index is 456. The molecule has 0 spiro atoms. The van der Waals surface area contributed by atoms with Crippen LogP contribution in [0.1, 0.15) is 74.0 Å². The molecule has 2 saturated carbocycles. The molecule has 104 valence electrons. The van der Waals surface area contributed by atoms with Crippen LogP contribution < -0.4 is 5.32 Å². The summed E-state index contributed by atoms with van der Waals surface area (Å²) >= 11 is 0. The van der Waals surface area contributed by atoms with Crippen LogP contribution in [0.5, 0.6) is 0 Å². The van der Waals surface area contributed by atoms with E-state index in [0.29, 0.717) is 11.6 Å². The van der Waals surface area contributed by atoms with Crippen molar-refractivity contribution in [3.8, 4) is 0 Å². The quantitative estimate of drug-likeness (QED) is 0.906. The molecule has 19 heavy (non-hydrogen) atoms. The first-order chi connectivity index (χ1) is 9.16. The van der Waals surface area contributed by atoms with Crippen molar-refractivity contribution in [2.75, 3.05) is 6.54 Å². The van der Waals surface area contributed by atoms with Crippen LogP contribution in [-0.4, -0.2) is 17.6 Å². The van der Waals surface area contributed by atoms with Gasteiger partial charge in [0.2, 0.25) is 0 Å². The molecule has 0 bridgehead atoms. The van der Waals surface area contributed by atoms with E-state index in [1.807, 2.05) is 0 Å². The van der Waals surface area contributed by atoms with E-state index in [1.165, 1.54) is 32.1 Å². The van der Waals surface area contributed by atoms with Crippen LogP contribution in [0, 0.1) is 5.41 Å². The minimum atomic E-state index is -0.0950. The fourth-order valence-electron chi connectivity index (χ4n) is 2.92. The van der Waals surface area contributed by atoms with Crippen molar-refractivity contribution in [3.05, 3.63) is 17.5 Å². The van der Waals surface area contributed by atoms with E-state index < -0.39 is 0 Å². The molecule has 1 aromatic rings. The molecule has 2 fully saturated rings. The van der Waals surface area contributed by atoms with E-state index >= 15 is 0 Å². The molecule has 3 rings (SSSR count). The average Bonchev–Trinajstić information content (AvgIpc) is 3.15. The minimum absolute atomic E-state index is 0.0950. The van der Waals surface area contributed by atoms with Crippen molar-refractivity contribution in [2.24, 2.45) is 5.41 Å². The Morgan fingerprint density at radius 2 is 2.16 bits per heavy atom. The number of carbonyl (C=O) groups excluding carboxylic acids is 1. The third kappa shape index (κ3) is 2.99. The molecule has 1 heterocycles. The van der Waals surface area contributed by atoms with Crippen LogP contribution in [0.25, 0.3) is 0 Å². The summed E-state index contributed by atoms with van der Waals surface area (Å²) in [5, 5.41) is 6.90. The van der Waals surface area contributed by atoms with Crippen molar-refractivity contribution in [2.45, 2.75) is 57.8 Å². The van der Waals surface area contributed by atoms with Crippen LogP contribution in [0.4, 0.5) is 0 Å². The van der Waals surface area contributed by atoms with Crippen molar-refractivity contribution in [1.29, 1.82) is 0 Å². The lowest BCUT2D eigenvalue weighted by molar-refractivity contribution is 0.0910. The third-order valence-corrected chi connectivity index (χ3v) is 4.48. The third-order valence-electron chi connectivity index (χ3n) is 4.48. The Balaban J connectivity index is 1.55. The van der Waals surface area contributed by atoms with Crippen LogP contribution in [0.15, 0.2) is 10.6 Å². The van der Waals surface area contributed by atoms with E-state index in [0.717, 1.165) is 25.1 Å². The van der Waals surface area contributed by atoms with E-state index in [9.17, 15) is 4.79 Å². The van der Waals surface area contributed by atoms with E-state index in [4.69, 9.17) is 4.52 Å². The van der Waals surface area contributed by atoms with Gasteiger partial charge in [-0.1, -0.05) is 31.3 Å². The molecule has 0 aliphatic heterocycles. The first kappa shape index (κ1) is 12.7. The smallest absolute Gasteiger partial charge is 0.273 e. The summed E-state index contributed by atoms with van der Waals surface area (Å²) in [6, 6.07) is 1.80. The van der Waals surface area contributed by atoms with Gasteiger partial charge in [-0.15, -0.1) is 0 Å². The van der Waals surface area contributed by atoms with Crippen molar-refractivity contribution < 1.29 is 9.32 Å². The van der Waals surface area contributed by atoms with Gasteiger partial charge in [0.25, 0.3) is 5.91 Å². The lowest BCUT2D eigenvalue weighted by atomic mass is 9.76. The number of carbonyl (C=O) groups is 1. The maximum absolute atomic E-state index is 12.1. The number of hydrogen-bond acceptors (Lipinski definition) is 3. The minimum Gasteiger partial charge on any atom is -0.360 e. The highest BCUT2D eigenvalue weighted by molar-refractivity contribution is 5.92. The predicted octanol–water partition coefficient (Wildman–Crippen LogP) is 3.25. The largest absolute Gasteiger partial charge is 0.360 e. The Morgan fingerprint density at radius 3 is 2.84 bits per heavy atom. The highest BCUT2D eigenvalue weighted by atomic mass is 16.5. The number of amides is 1. The number of rotatable bonds is 4. The summed E-state index contributed by atoms with van der Waals surface area (Å²) in [4.78, 5) is 12.1. The summed E-state index contributed by atoms with van der Waals surface area (Å²) in [7, 11) is 0. The molecule has 2 aliphatic rings. The molecule has 0 saturated heterocycles. The lowest BCUT2D eigenvalue weighted by Crippen LogP contribution is -2.37. The second-order valence-corrected chi connectivity index (χ2v) is 6.44. The molecule has 4 heteroatoms. The summed E-state index contributed by atoms with van der Waals surface area (Å²) in [6.45, 7) is 3.02. The molecule has 2 aliphatic carbocycles. The van der Waals surface area contributed by atoms with Gasteiger partial charge in [-0.05, 0) is 31.1 Å². The highest BCUT2D eigenvalue weighted by Gasteiger charge is 2.30. The van der Waals surface area contributed by atoms with Crippen LogP contribution in [0.3, 0.4) is 0 Å². The lowest BCUT2D eigenvalue weighted by Gasteiger charge is -2.33. The summed E-state index contributed by atoms with van der Waals surface area (Å²) in [6.07, 6.45) is 8.63. The zero-order valence-electron chi connectivity index (χ0n) is 11.6. The Labute approximate surface area is 113 Å². The summed E-state index contributed by atoms with van der Waals surface area (Å²) in [5.41, 5.74) is 0.693. The molecule has 0 atom stereocenters. The summed E-state index contributed by atoms with van der Waals surface area (Å²) in [5.74, 6) is 1.28. The molecule has 1 N–H and O–H groups in total. The van der Waals surface area contributed by atoms with Gasteiger partial charge >= 0.3 is 0 Å². The van der Waals surface area contributed by atoms with Crippen LogP contribution in [-0.2, 0) is 0 Å². The van der Waals surface area contributed by atoms with Gasteiger partial charge in [0.15, 0.2) is 5.69 Å². The topological polar surface area (TPSA) is 55.1 Å². The number of hydrogen-bond donors (Lipinski definition) is 1. The number of aromatic nitrogens is 1. The second kappa shape index (κ2) is 4.99. The molecule has 4 nitrogen and oxygen atoms in total. The molecule has 1 amide bonds. The molecular formula is C15H22N2O2. The van der Waals surface area contributed by atoms with Crippen molar-refractivity contribution in [1.82, 2.24) is 10.5 Å². The predicted molar refractivity (Wildman–Crippen MR) is 72.0 cm³/mol. The Morgan fingerprint density at radius 1 is 1.42 bits per heavy atom. The van der Waals surface area contributed by atoms with Gasteiger partial charge in [-0.25, -0.2) is 0 Å². The van der Waals surface area contributed by atoms with Crippen LogP contribution >= 0.6 is 0 Å². The normalized spacial score (nSPS) is 22.2. The molecular weight excluding hydrogens is 240 g/mol. The maximum atomic E-state index is 12.1. The van der Waals surface area contributed by atoms with Gasteiger partial charge in [0, 0.05) is 18.5 Å². The van der Waals surface area contributed by atoms with Gasteiger partial charge in [-0.3, -0.25) is 4.79 Å². The first-order valence-electron chi connectivity index (χ1n) is 7.41. The SMILES string of the molecule is CC1(CNC(=O)c2cc(C3CC3)on2)CCCCC1. The zero-order chi connectivity index (χ0) is 13.3. The van der Waals surface area contributed by atoms with Crippen LogP contribution in [0.2, 0.25) is 0 Å². The second-order valence-electron chi connectivity index (χ2n) is 6.44.